The second-order valence-electron chi connectivity index (χ2n) is 1.84. The van der Waals surface area contributed by atoms with Gasteiger partial charge in [0.25, 0.3) is 0 Å². The highest BCUT2D eigenvalue weighted by Gasteiger charge is 1.97. The molecule has 0 saturated carbocycles. The maximum absolute atomic E-state index is 10.5. The molecule has 0 aliphatic carbocycles. The molecule has 0 unspecified atom stereocenters. The van der Waals surface area contributed by atoms with E-state index in [0.717, 1.165) is 6.08 Å². The highest BCUT2D eigenvalue weighted by atomic mass is 32.2. The Morgan fingerprint density at radius 2 is 2.25 bits per heavy atom. The summed E-state index contributed by atoms with van der Waals surface area (Å²) in [5.41, 5.74) is 0. The zero-order chi connectivity index (χ0) is 9.40. The van der Waals surface area contributed by atoms with E-state index >= 15 is 0 Å². The summed E-state index contributed by atoms with van der Waals surface area (Å²) >= 11 is 1.26. The number of esters is 1. The summed E-state index contributed by atoms with van der Waals surface area (Å²) in [6.07, 6.45) is 1.33. The average Bonchev–Trinajstić information content (AvgIpc) is 2.03. The number of thioether (sulfide) groups is 1. The number of carboxylic acids is 1. The molecule has 68 valence electrons. The smallest absolute Gasteiger partial charge is 0.328 e. The Hall–Kier alpha value is -0.970. The molecule has 0 aromatic carbocycles. The molecule has 0 aromatic heterocycles. The summed E-state index contributed by atoms with van der Waals surface area (Å²) in [6, 6.07) is 0. The van der Waals surface area contributed by atoms with Crippen LogP contribution in [0.1, 0.15) is 6.42 Å². The summed E-state index contributed by atoms with van der Waals surface area (Å²) in [7, 11) is 1.32. The summed E-state index contributed by atoms with van der Waals surface area (Å²) < 4.78 is 4.39. The van der Waals surface area contributed by atoms with Crippen molar-refractivity contribution in [1.82, 2.24) is 0 Å². The van der Waals surface area contributed by atoms with Gasteiger partial charge in [0.05, 0.1) is 13.5 Å². The van der Waals surface area contributed by atoms with Crippen molar-refractivity contribution in [2.24, 2.45) is 0 Å². The van der Waals surface area contributed by atoms with Crippen LogP contribution < -0.4 is 0 Å². The van der Waals surface area contributed by atoms with Crippen LogP contribution in [0.3, 0.4) is 0 Å². The maximum Gasteiger partial charge on any atom is 0.328 e. The largest absolute Gasteiger partial charge is 0.478 e. The topological polar surface area (TPSA) is 63.6 Å². The number of hydrogen-bond donors (Lipinski definition) is 1. The van der Waals surface area contributed by atoms with Crippen molar-refractivity contribution < 1.29 is 19.4 Å². The van der Waals surface area contributed by atoms with Crippen LogP contribution in [-0.4, -0.2) is 29.9 Å². The third-order valence-electron chi connectivity index (χ3n) is 0.959. The van der Waals surface area contributed by atoms with Crippen molar-refractivity contribution >= 4 is 23.7 Å². The number of rotatable bonds is 5. The molecule has 0 aliphatic heterocycles. The molecule has 0 aromatic rings. The van der Waals surface area contributed by atoms with Crippen LogP contribution in [0.4, 0.5) is 0 Å². The van der Waals surface area contributed by atoms with Gasteiger partial charge in [0.15, 0.2) is 0 Å². The number of carboxylic acid groups (broad SMARTS) is 1. The van der Waals surface area contributed by atoms with E-state index in [1.54, 1.807) is 0 Å². The summed E-state index contributed by atoms with van der Waals surface area (Å²) in [6.45, 7) is 0. The van der Waals surface area contributed by atoms with E-state index in [1.165, 1.54) is 24.3 Å². The molecule has 0 fully saturated rings. The first kappa shape index (κ1) is 11.0. The Balaban J connectivity index is 3.33. The van der Waals surface area contributed by atoms with Crippen LogP contribution in [0.15, 0.2) is 11.5 Å². The fraction of sp³-hybridized carbons (Fsp3) is 0.429. The van der Waals surface area contributed by atoms with Crippen molar-refractivity contribution in [3.05, 3.63) is 11.5 Å². The molecule has 0 spiro atoms. The minimum atomic E-state index is -0.986. The SMILES string of the molecule is COC(=O)CCS/C=C/C(=O)O. The zero-order valence-electron chi connectivity index (χ0n) is 6.65. The van der Waals surface area contributed by atoms with Crippen molar-refractivity contribution in [3.8, 4) is 0 Å². The molecule has 0 heterocycles. The highest BCUT2D eigenvalue weighted by molar-refractivity contribution is 8.02. The van der Waals surface area contributed by atoms with Crippen LogP contribution in [0.25, 0.3) is 0 Å². The normalized spacial score (nSPS) is 10.1. The van der Waals surface area contributed by atoms with Gasteiger partial charge in [0.2, 0.25) is 0 Å². The number of ether oxygens (including phenoxy) is 1. The van der Waals surface area contributed by atoms with E-state index < -0.39 is 5.97 Å². The number of carbonyl (C=O) groups excluding carboxylic acids is 1. The molecule has 5 heteroatoms. The number of methoxy groups -OCH3 is 1. The predicted octanol–water partition coefficient (Wildman–Crippen LogP) is 0.881. The predicted molar refractivity (Wildman–Crippen MR) is 45.9 cm³/mol. The van der Waals surface area contributed by atoms with Gasteiger partial charge in [0.1, 0.15) is 0 Å². The van der Waals surface area contributed by atoms with Crippen LogP contribution in [0.2, 0.25) is 0 Å². The molecule has 0 amide bonds. The lowest BCUT2D eigenvalue weighted by Gasteiger charge is -1.94. The Morgan fingerprint density at radius 3 is 2.75 bits per heavy atom. The van der Waals surface area contributed by atoms with E-state index in [9.17, 15) is 9.59 Å². The second-order valence-corrected chi connectivity index (χ2v) is 2.85. The van der Waals surface area contributed by atoms with Gasteiger partial charge in [0, 0.05) is 11.8 Å². The van der Waals surface area contributed by atoms with Gasteiger partial charge in [-0.05, 0) is 5.41 Å². The molecule has 12 heavy (non-hydrogen) atoms. The number of carbonyl (C=O) groups is 2. The van der Waals surface area contributed by atoms with Gasteiger partial charge in [-0.3, -0.25) is 4.79 Å². The van der Waals surface area contributed by atoms with E-state index in [0.29, 0.717) is 12.2 Å². The molecule has 0 saturated heterocycles. The van der Waals surface area contributed by atoms with Crippen LogP contribution in [-0.2, 0) is 14.3 Å². The Labute approximate surface area is 74.6 Å². The third-order valence-corrected chi connectivity index (χ3v) is 1.73. The minimum Gasteiger partial charge on any atom is -0.478 e. The number of aliphatic carboxylic acids is 1. The van der Waals surface area contributed by atoms with E-state index in [-0.39, 0.29) is 5.97 Å². The Bertz CT molecular complexity index is 188. The fourth-order valence-corrected chi connectivity index (χ4v) is 1.05. The van der Waals surface area contributed by atoms with E-state index in [2.05, 4.69) is 4.74 Å². The van der Waals surface area contributed by atoms with Gasteiger partial charge >= 0.3 is 11.9 Å². The van der Waals surface area contributed by atoms with Crippen molar-refractivity contribution in [1.29, 1.82) is 0 Å². The monoisotopic (exact) mass is 190 g/mol. The van der Waals surface area contributed by atoms with Crippen molar-refractivity contribution in [2.75, 3.05) is 12.9 Å². The van der Waals surface area contributed by atoms with Gasteiger partial charge in [-0.15, -0.1) is 11.8 Å². The summed E-state index contributed by atoms with van der Waals surface area (Å²) in [5.74, 6) is -0.733. The van der Waals surface area contributed by atoms with Crippen LogP contribution >= 0.6 is 11.8 Å². The van der Waals surface area contributed by atoms with Gasteiger partial charge < -0.3 is 9.84 Å². The lowest BCUT2D eigenvalue weighted by atomic mass is 10.5. The first-order valence-corrected chi connectivity index (χ1v) is 4.29. The summed E-state index contributed by atoms with van der Waals surface area (Å²) in [4.78, 5) is 20.5. The molecule has 4 nitrogen and oxygen atoms in total. The first-order valence-electron chi connectivity index (χ1n) is 3.24. The van der Waals surface area contributed by atoms with Gasteiger partial charge in [-0.25, -0.2) is 4.79 Å². The molecule has 1 N–H and O–H groups in total. The molecular formula is C7H10O4S. The first-order chi connectivity index (χ1) is 5.66. The lowest BCUT2D eigenvalue weighted by molar-refractivity contribution is -0.140. The molecule has 0 radical (unpaired) electrons. The standard InChI is InChI=1S/C7H10O4S/c1-11-7(10)3-5-12-4-2-6(8)9/h2,4H,3,5H2,1H3,(H,8,9)/b4-2+. The van der Waals surface area contributed by atoms with Crippen LogP contribution in [0.5, 0.6) is 0 Å². The molecule has 0 atom stereocenters. The zero-order valence-corrected chi connectivity index (χ0v) is 7.47. The van der Waals surface area contributed by atoms with E-state index in [4.69, 9.17) is 5.11 Å². The Kier molecular flexibility index (Phi) is 6.18. The molecule has 0 rings (SSSR count). The van der Waals surface area contributed by atoms with Crippen LogP contribution in [0, 0.1) is 0 Å². The highest BCUT2D eigenvalue weighted by Crippen LogP contribution is 2.04. The summed E-state index contributed by atoms with van der Waals surface area (Å²) in [5, 5.41) is 9.61. The maximum atomic E-state index is 10.5. The average molecular weight is 190 g/mol. The fourth-order valence-electron chi connectivity index (χ4n) is 0.419. The molecule has 0 aliphatic rings. The van der Waals surface area contributed by atoms with Crippen molar-refractivity contribution in [2.45, 2.75) is 6.42 Å². The van der Waals surface area contributed by atoms with Gasteiger partial charge in [-0.1, -0.05) is 0 Å². The third kappa shape index (κ3) is 7.14. The molecular weight excluding hydrogens is 180 g/mol. The van der Waals surface area contributed by atoms with E-state index in [1.807, 2.05) is 0 Å². The quantitative estimate of drug-likeness (QED) is 0.396. The molecule has 0 bridgehead atoms. The second kappa shape index (κ2) is 6.72. The number of hydrogen-bond acceptors (Lipinski definition) is 4. The Morgan fingerprint density at radius 1 is 1.58 bits per heavy atom. The minimum absolute atomic E-state index is 0.286. The van der Waals surface area contributed by atoms with Crippen molar-refractivity contribution in [3.63, 3.8) is 0 Å². The van der Waals surface area contributed by atoms with Gasteiger partial charge in [-0.2, -0.15) is 0 Å². The lowest BCUT2D eigenvalue weighted by Crippen LogP contribution is -2.00.